The lowest BCUT2D eigenvalue weighted by atomic mass is 10.0. The number of aryl methyl sites for hydroxylation is 1. The van der Waals surface area contributed by atoms with E-state index in [2.05, 4.69) is 12.2 Å². The number of nitrogens with zero attached hydrogens (tertiary/aromatic N) is 3. The largest absolute Gasteiger partial charge is 0.496 e. The van der Waals surface area contributed by atoms with Crippen molar-refractivity contribution in [3.63, 3.8) is 0 Å². The van der Waals surface area contributed by atoms with Gasteiger partial charge in [0.25, 0.3) is 5.91 Å². The highest BCUT2D eigenvalue weighted by Gasteiger charge is 2.24. The van der Waals surface area contributed by atoms with E-state index in [4.69, 9.17) is 9.72 Å². The first-order chi connectivity index (χ1) is 16.1. The number of hydrogen-bond acceptors (Lipinski definition) is 4. The van der Waals surface area contributed by atoms with Crippen molar-refractivity contribution in [2.24, 2.45) is 0 Å². The standard InChI is InChI=1S/C26H32N4O3/c1-19-10-7-8-17-29(19)25(31)18-30-22-13-5-4-12-21(22)28-24(30)15-9-16-27-26(32)20-11-3-6-14-23(20)33-2/h3-6,11-14,19H,7-10,15-18H2,1-2H3,(H,27,32). The fourth-order valence-corrected chi connectivity index (χ4v) is 4.56. The zero-order valence-corrected chi connectivity index (χ0v) is 19.4. The molecular formula is C26H32N4O3. The Kier molecular flexibility index (Phi) is 7.27. The van der Waals surface area contributed by atoms with E-state index in [0.717, 1.165) is 42.7 Å². The Balaban J connectivity index is 1.42. The Morgan fingerprint density at radius 1 is 1.12 bits per heavy atom. The van der Waals surface area contributed by atoms with Gasteiger partial charge in [-0.3, -0.25) is 9.59 Å². The van der Waals surface area contributed by atoms with Crippen molar-refractivity contribution in [2.45, 2.75) is 51.6 Å². The van der Waals surface area contributed by atoms with Gasteiger partial charge < -0.3 is 19.5 Å². The minimum Gasteiger partial charge on any atom is -0.496 e. The molecule has 7 nitrogen and oxygen atoms in total. The smallest absolute Gasteiger partial charge is 0.255 e. The molecule has 0 saturated carbocycles. The molecule has 0 spiro atoms. The third kappa shape index (κ3) is 5.18. The number of benzene rings is 2. The molecule has 1 unspecified atom stereocenters. The minimum atomic E-state index is -0.157. The number of hydrogen-bond donors (Lipinski definition) is 1. The monoisotopic (exact) mass is 448 g/mol. The molecule has 1 N–H and O–H groups in total. The Labute approximate surface area is 194 Å². The highest BCUT2D eigenvalue weighted by atomic mass is 16.5. The van der Waals surface area contributed by atoms with Crippen molar-refractivity contribution >= 4 is 22.8 Å². The van der Waals surface area contributed by atoms with Crippen molar-refractivity contribution in [1.29, 1.82) is 0 Å². The quantitative estimate of drug-likeness (QED) is 0.532. The molecule has 1 saturated heterocycles. The first kappa shape index (κ1) is 22.8. The Morgan fingerprint density at radius 3 is 2.73 bits per heavy atom. The van der Waals surface area contributed by atoms with Gasteiger partial charge in [-0.15, -0.1) is 0 Å². The van der Waals surface area contributed by atoms with Crippen molar-refractivity contribution in [1.82, 2.24) is 19.8 Å². The van der Waals surface area contributed by atoms with Gasteiger partial charge in [0.15, 0.2) is 0 Å². The molecule has 3 aromatic rings. The summed E-state index contributed by atoms with van der Waals surface area (Å²) in [5.41, 5.74) is 2.39. The van der Waals surface area contributed by atoms with E-state index in [9.17, 15) is 9.59 Å². The third-order valence-corrected chi connectivity index (χ3v) is 6.36. The van der Waals surface area contributed by atoms with E-state index < -0.39 is 0 Å². The van der Waals surface area contributed by atoms with Crippen LogP contribution in [0.1, 0.15) is 48.8 Å². The second kappa shape index (κ2) is 10.5. The van der Waals surface area contributed by atoms with Crippen LogP contribution in [0.5, 0.6) is 5.75 Å². The molecule has 1 aromatic heterocycles. The van der Waals surface area contributed by atoms with E-state index in [0.29, 0.717) is 30.8 Å². The van der Waals surface area contributed by atoms with Crippen LogP contribution in [0.2, 0.25) is 0 Å². The van der Waals surface area contributed by atoms with Crippen LogP contribution in [-0.4, -0.2) is 52.5 Å². The maximum Gasteiger partial charge on any atom is 0.255 e. The fourth-order valence-electron chi connectivity index (χ4n) is 4.56. The highest BCUT2D eigenvalue weighted by Crippen LogP contribution is 2.21. The number of amides is 2. The molecule has 0 bridgehead atoms. The number of carbonyl (C=O) groups is 2. The SMILES string of the molecule is COc1ccccc1C(=O)NCCCc1nc2ccccc2n1CC(=O)N1CCCCC1C. The van der Waals surface area contributed by atoms with Crippen LogP contribution >= 0.6 is 0 Å². The maximum atomic E-state index is 13.1. The topological polar surface area (TPSA) is 76.5 Å². The second-order valence-corrected chi connectivity index (χ2v) is 8.59. The summed E-state index contributed by atoms with van der Waals surface area (Å²) < 4.78 is 7.32. The average Bonchev–Trinajstić information content (AvgIpc) is 3.19. The van der Waals surface area contributed by atoms with Gasteiger partial charge in [-0.25, -0.2) is 4.98 Å². The van der Waals surface area contributed by atoms with Gasteiger partial charge in [-0.2, -0.15) is 0 Å². The number of ether oxygens (including phenoxy) is 1. The van der Waals surface area contributed by atoms with E-state index in [1.807, 2.05) is 45.9 Å². The lowest BCUT2D eigenvalue weighted by Crippen LogP contribution is -2.43. The lowest BCUT2D eigenvalue weighted by molar-refractivity contribution is -0.135. The molecule has 33 heavy (non-hydrogen) atoms. The molecule has 2 aromatic carbocycles. The number of aromatic nitrogens is 2. The van der Waals surface area contributed by atoms with Gasteiger partial charge in [0.05, 0.1) is 23.7 Å². The van der Waals surface area contributed by atoms with E-state index in [1.54, 1.807) is 19.2 Å². The molecule has 174 valence electrons. The average molecular weight is 449 g/mol. The molecule has 1 fully saturated rings. The predicted molar refractivity (Wildman–Crippen MR) is 128 cm³/mol. The number of piperidine rings is 1. The normalized spacial score (nSPS) is 16.1. The molecule has 1 aliphatic rings. The zero-order valence-electron chi connectivity index (χ0n) is 19.4. The van der Waals surface area contributed by atoms with Gasteiger partial charge in [0.2, 0.25) is 5.91 Å². The van der Waals surface area contributed by atoms with Gasteiger partial charge in [-0.1, -0.05) is 24.3 Å². The molecule has 0 radical (unpaired) electrons. The summed E-state index contributed by atoms with van der Waals surface area (Å²) in [5.74, 6) is 1.43. The first-order valence-electron chi connectivity index (χ1n) is 11.7. The van der Waals surface area contributed by atoms with Crippen molar-refractivity contribution in [3.05, 3.63) is 59.9 Å². The number of nitrogens with one attached hydrogen (secondary N) is 1. The van der Waals surface area contributed by atoms with Gasteiger partial charge in [-0.05, 0) is 56.9 Å². The van der Waals surface area contributed by atoms with Crippen LogP contribution in [0, 0.1) is 0 Å². The zero-order chi connectivity index (χ0) is 23.2. The van der Waals surface area contributed by atoms with Gasteiger partial charge in [0.1, 0.15) is 18.1 Å². The number of para-hydroxylation sites is 3. The first-order valence-corrected chi connectivity index (χ1v) is 11.7. The molecule has 1 atom stereocenters. The fraction of sp³-hybridized carbons (Fsp3) is 0.423. The maximum absolute atomic E-state index is 13.1. The molecule has 0 aliphatic carbocycles. The Bertz CT molecular complexity index is 1120. The summed E-state index contributed by atoms with van der Waals surface area (Å²) in [4.78, 5) is 32.5. The molecule has 1 aliphatic heterocycles. The molecule has 2 heterocycles. The van der Waals surface area contributed by atoms with Crippen LogP contribution in [0.4, 0.5) is 0 Å². The number of fused-ring (bicyclic) bond motifs is 1. The van der Waals surface area contributed by atoms with Crippen LogP contribution in [0.3, 0.4) is 0 Å². The van der Waals surface area contributed by atoms with E-state index in [-0.39, 0.29) is 17.9 Å². The van der Waals surface area contributed by atoms with Crippen molar-refractivity contribution < 1.29 is 14.3 Å². The summed E-state index contributed by atoms with van der Waals surface area (Å²) in [5, 5.41) is 2.96. The van der Waals surface area contributed by atoms with Gasteiger partial charge >= 0.3 is 0 Å². The number of imidazole rings is 1. The lowest BCUT2D eigenvalue weighted by Gasteiger charge is -2.33. The van der Waals surface area contributed by atoms with Crippen molar-refractivity contribution in [3.8, 4) is 5.75 Å². The molecule has 2 amide bonds. The van der Waals surface area contributed by atoms with E-state index in [1.165, 1.54) is 6.42 Å². The summed E-state index contributed by atoms with van der Waals surface area (Å²) in [6.45, 7) is 3.77. The number of rotatable bonds is 8. The summed E-state index contributed by atoms with van der Waals surface area (Å²) in [6, 6.07) is 15.4. The molecule has 4 rings (SSSR count). The van der Waals surface area contributed by atoms with Crippen molar-refractivity contribution in [2.75, 3.05) is 20.2 Å². The molecule has 7 heteroatoms. The summed E-state index contributed by atoms with van der Waals surface area (Å²) in [6.07, 6.45) is 4.71. The van der Waals surface area contributed by atoms with Gasteiger partial charge in [0, 0.05) is 25.6 Å². The van der Waals surface area contributed by atoms with E-state index >= 15 is 0 Å². The van der Waals surface area contributed by atoms with Crippen LogP contribution in [0.25, 0.3) is 11.0 Å². The Morgan fingerprint density at radius 2 is 1.91 bits per heavy atom. The second-order valence-electron chi connectivity index (χ2n) is 8.59. The minimum absolute atomic E-state index is 0.149. The number of carbonyl (C=O) groups excluding carboxylic acids is 2. The summed E-state index contributed by atoms with van der Waals surface area (Å²) >= 11 is 0. The predicted octanol–water partition coefficient (Wildman–Crippen LogP) is 3.81. The number of methoxy groups -OCH3 is 1. The van der Waals surface area contributed by atoms with Crippen LogP contribution in [-0.2, 0) is 17.8 Å². The molecular weight excluding hydrogens is 416 g/mol. The number of likely N-dealkylation sites (tertiary alicyclic amines) is 1. The van der Waals surface area contributed by atoms with Crippen LogP contribution < -0.4 is 10.1 Å². The summed E-state index contributed by atoms with van der Waals surface area (Å²) in [7, 11) is 1.56. The highest BCUT2D eigenvalue weighted by molar-refractivity contribution is 5.96. The Hall–Kier alpha value is -3.35. The van der Waals surface area contributed by atoms with Crippen LogP contribution in [0.15, 0.2) is 48.5 Å². The third-order valence-electron chi connectivity index (χ3n) is 6.36.